The molecule has 1 amide bonds. The maximum atomic E-state index is 13.0. The summed E-state index contributed by atoms with van der Waals surface area (Å²) in [6.45, 7) is 2.08. The van der Waals surface area contributed by atoms with Gasteiger partial charge in [-0.25, -0.2) is 9.18 Å². The lowest BCUT2D eigenvalue weighted by atomic mass is 10.2. The Morgan fingerprint density at radius 2 is 1.93 bits per heavy atom. The molecule has 0 saturated carbocycles. The molecule has 0 aliphatic carbocycles. The highest BCUT2D eigenvalue weighted by Crippen LogP contribution is 2.28. The van der Waals surface area contributed by atoms with Crippen molar-refractivity contribution < 1.29 is 28.2 Å². The standard InChI is InChI=1S/C20H21ClFNO5/c1-3-4-9-27-17-8-5-13(10-18(17)26-2)20(25)28-12-19(24)23-16-7-6-14(22)11-15(16)21/h5-8,10-11H,3-4,9,12H2,1-2H3,(H,23,24). The van der Waals surface area contributed by atoms with Crippen LogP contribution in [0.3, 0.4) is 0 Å². The van der Waals surface area contributed by atoms with E-state index in [0.29, 0.717) is 18.1 Å². The van der Waals surface area contributed by atoms with Crippen LogP contribution < -0.4 is 14.8 Å². The number of methoxy groups -OCH3 is 1. The van der Waals surface area contributed by atoms with Gasteiger partial charge in [-0.05, 0) is 42.8 Å². The molecular formula is C20H21ClFNO5. The Hall–Kier alpha value is -2.80. The molecule has 2 aromatic carbocycles. The Bertz CT molecular complexity index is 843. The number of carbonyl (C=O) groups excluding carboxylic acids is 2. The minimum atomic E-state index is -0.696. The molecule has 8 heteroatoms. The van der Waals surface area contributed by atoms with Crippen molar-refractivity contribution in [2.24, 2.45) is 0 Å². The van der Waals surface area contributed by atoms with Crippen molar-refractivity contribution in [2.45, 2.75) is 19.8 Å². The highest BCUT2D eigenvalue weighted by molar-refractivity contribution is 6.33. The van der Waals surface area contributed by atoms with E-state index < -0.39 is 24.3 Å². The van der Waals surface area contributed by atoms with Gasteiger partial charge in [0.25, 0.3) is 5.91 Å². The lowest BCUT2D eigenvalue weighted by Gasteiger charge is -2.12. The second-order valence-electron chi connectivity index (χ2n) is 5.82. The van der Waals surface area contributed by atoms with E-state index in [9.17, 15) is 14.0 Å². The fourth-order valence-corrected chi connectivity index (χ4v) is 2.45. The Kier molecular flexibility index (Phi) is 8.07. The lowest BCUT2D eigenvalue weighted by molar-refractivity contribution is -0.119. The molecular weight excluding hydrogens is 389 g/mol. The van der Waals surface area contributed by atoms with Crippen molar-refractivity contribution in [1.82, 2.24) is 0 Å². The number of benzene rings is 2. The average molecular weight is 410 g/mol. The zero-order valence-electron chi connectivity index (χ0n) is 15.6. The zero-order chi connectivity index (χ0) is 20.5. The van der Waals surface area contributed by atoms with Crippen LogP contribution in [0.15, 0.2) is 36.4 Å². The molecule has 0 fully saturated rings. The van der Waals surface area contributed by atoms with E-state index in [1.165, 1.54) is 25.3 Å². The number of hydrogen-bond acceptors (Lipinski definition) is 5. The summed E-state index contributed by atoms with van der Waals surface area (Å²) in [5, 5.41) is 2.49. The second kappa shape index (κ2) is 10.5. The fourth-order valence-electron chi connectivity index (χ4n) is 2.23. The molecule has 2 rings (SSSR count). The van der Waals surface area contributed by atoms with Gasteiger partial charge in [0.15, 0.2) is 18.1 Å². The molecule has 0 radical (unpaired) electrons. The maximum absolute atomic E-state index is 13.0. The van der Waals surface area contributed by atoms with Crippen LogP contribution in [0.2, 0.25) is 5.02 Å². The number of carbonyl (C=O) groups is 2. The van der Waals surface area contributed by atoms with Crippen LogP contribution in [0.1, 0.15) is 30.1 Å². The first kappa shape index (κ1) is 21.5. The first-order valence-electron chi connectivity index (χ1n) is 8.67. The molecule has 0 saturated heterocycles. The minimum Gasteiger partial charge on any atom is -0.493 e. The second-order valence-corrected chi connectivity index (χ2v) is 6.22. The molecule has 0 heterocycles. The lowest BCUT2D eigenvalue weighted by Crippen LogP contribution is -2.21. The molecule has 150 valence electrons. The summed E-state index contributed by atoms with van der Waals surface area (Å²) in [5.74, 6) is -0.901. The minimum absolute atomic E-state index is 0.0445. The Morgan fingerprint density at radius 3 is 2.61 bits per heavy atom. The van der Waals surface area contributed by atoms with Gasteiger partial charge in [-0.3, -0.25) is 4.79 Å². The molecule has 28 heavy (non-hydrogen) atoms. The fraction of sp³-hybridized carbons (Fsp3) is 0.300. The van der Waals surface area contributed by atoms with Crippen LogP contribution in [0.25, 0.3) is 0 Å². The van der Waals surface area contributed by atoms with Gasteiger partial charge in [-0.15, -0.1) is 0 Å². The maximum Gasteiger partial charge on any atom is 0.338 e. The van der Waals surface area contributed by atoms with Crippen molar-refractivity contribution in [3.05, 3.63) is 52.8 Å². The molecule has 0 spiro atoms. The van der Waals surface area contributed by atoms with Gasteiger partial charge in [0.1, 0.15) is 5.82 Å². The summed E-state index contributed by atoms with van der Waals surface area (Å²) < 4.78 is 28.9. The quantitative estimate of drug-likeness (QED) is 0.489. The summed E-state index contributed by atoms with van der Waals surface area (Å²) in [6, 6.07) is 8.17. The van der Waals surface area contributed by atoms with Crippen LogP contribution in [-0.4, -0.2) is 32.2 Å². The SMILES string of the molecule is CCCCOc1ccc(C(=O)OCC(=O)Nc2ccc(F)cc2Cl)cc1OC. The molecule has 0 aliphatic rings. The van der Waals surface area contributed by atoms with E-state index in [1.54, 1.807) is 6.07 Å². The van der Waals surface area contributed by atoms with Crippen LogP contribution in [-0.2, 0) is 9.53 Å². The van der Waals surface area contributed by atoms with E-state index in [4.69, 9.17) is 25.8 Å². The first-order valence-corrected chi connectivity index (χ1v) is 9.05. The number of anilines is 1. The smallest absolute Gasteiger partial charge is 0.338 e. The summed E-state index contributed by atoms with van der Waals surface area (Å²) in [7, 11) is 1.47. The normalized spacial score (nSPS) is 10.3. The van der Waals surface area contributed by atoms with Gasteiger partial charge >= 0.3 is 5.97 Å². The molecule has 6 nitrogen and oxygen atoms in total. The monoisotopic (exact) mass is 409 g/mol. The number of rotatable bonds is 9. The van der Waals surface area contributed by atoms with E-state index in [0.717, 1.165) is 25.0 Å². The van der Waals surface area contributed by atoms with Gasteiger partial charge < -0.3 is 19.5 Å². The molecule has 0 unspecified atom stereocenters. The van der Waals surface area contributed by atoms with Crippen LogP contribution in [0.5, 0.6) is 11.5 Å². The van der Waals surface area contributed by atoms with Crippen LogP contribution in [0, 0.1) is 5.82 Å². The van der Waals surface area contributed by atoms with E-state index in [1.807, 2.05) is 0 Å². The summed E-state index contributed by atoms with van der Waals surface area (Å²) in [5.41, 5.74) is 0.437. The van der Waals surface area contributed by atoms with Gasteiger partial charge in [0.05, 0.1) is 30.0 Å². The summed E-state index contributed by atoms with van der Waals surface area (Å²) in [6.07, 6.45) is 1.90. The van der Waals surface area contributed by atoms with Crippen molar-refractivity contribution in [3.8, 4) is 11.5 Å². The van der Waals surface area contributed by atoms with E-state index in [2.05, 4.69) is 12.2 Å². The highest BCUT2D eigenvalue weighted by Gasteiger charge is 2.15. The Morgan fingerprint density at radius 1 is 1.14 bits per heavy atom. The van der Waals surface area contributed by atoms with Crippen LogP contribution in [0.4, 0.5) is 10.1 Å². The number of amides is 1. The number of hydrogen-bond donors (Lipinski definition) is 1. The number of unbranched alkanes of at least 4 members (excludes halogenated alkanes) is 1. The number of ether oxygens (including phenoxy) is 3. The molecule has 0 aromatic heterocycles. The van der Waals surface area contributed by atoms with Gasteiger partial charge in [0, 0.05) is 0 Å². The van der Waals surface area contributed by atoms with Crippen molar-refractivity contribution in [3.63, 3.8) is 0 Å². The first-order chi connectivity index (χ1) is 13.4. The summed E-state index contributed by atoms with van der Waals surface area (Å²) >= 11 is 5.84. The predicted molar refractivity (Wildman–Crippen MR) is 104 cm³/mol. The van der Waals surface area contributed by atoms with Crippen LogP contribution >= 0.6 is 11.6 Å². The molecule has 0 bridgehead atoms. The third kappa shape index (κ3) is 6.13. The molecule has 1 N–H and O–H groups in total. The van der Waals surface area contributed by atoms with Crippen molar-refractivity contribution in [1.29, 1.82) is 0 Å². The predicted octanol–water partition coefficient (Wildman–Crippen LogP) is 4.46. The average Bonchev–Trinajstić information content (AvgIpc) is 2.68. The Balaban J connectivity index is 1.93. The zero-order valence-corrected chi connectivity index (χ0v) is 16.3. The third-order valence-corrected chi connectivity index (χ3v) is 4.01. The summed E-state index contributed by atoms with van der Waals surface area (Å²) in [4.78, 5) is 24.1. The van der Waals surface area contributed by atoms with Gasteiger partial charge in [-0.1, -0.05) is 24.9 Å². The Labute approximate surface area is 167 Å². The van der Waals surface area contributed by atoms with Gasteiger partial charge in [0.2, 0.25) is 0 Å². The van der Waals surface area contributed by atoms with E-state index in [-0.39, 0.29) is 16.3 Å². The highest BCUT2D eigenvalue weighted by atomic mass is 35.5. The topological polar surface area (TPSA) is 73.9 Å². The molecule has 0 aliphatic heterocycles. The molecule has 2 aromatic rings. The largest absolute Gasteiger partial charge is 0.493 e. The van der Waals surface area contributed by atoms with Gasteiger partial charge in [-0.2, -0.15) is 0 Å². The number of nitrogens with one attached hydrogen (secondary N) is 1. The van der Waals surface area contributed by atoms with Crippen molar-refractivity contribution >= 4 is 29.2 Å². The number of esters is 1. The molecule has 0 atom stereocenters. The van der Waals surface area contributed by atoms with Crippen molar-refractivity contribution in [2.75, 3.05) is 25.6 Å². The third-order valence-electron chi connectivity index (χ3n) is 3.69. The van der Waals surface area contributed by atoms with E-state index >= 15 is 0 Å². The number of halogens is 2.